The monoisotopic (exact) mass is 331 g/mol. The van der Waals surface area contributed by atoms with Gasteiger partial charge in [0.25, 0.3) is 11.1 Å². The molecule has 1 aliphatic heterocycles. The summed E-state index contributed by atoms with van der Waals surface area (Å²) in [6.07, 6.45) is 1.63. The van der Waals surface area contributed by atoms with Gasteiger partial charge in [-0.25, -0.2) is 4.90 Å². The van der Waals surface area contributed by atoms with Gasteiger partial charge < -0.3 is 5.11 Å². The molecule has 110 valence electrons. The molecule has 1 heterocycles. The fraction of sp³-hybridized carbons (Fsp3) is 0. The predicted molar refractivity (Wildman–Crippen MR) is 88.0 cm³/mol. The van der Waals surface area contributed by atoms with E-state index in [-0.39, 0.29) is 16.9 Å². The van der Waals surface area contributed by atoms with Gasteiger partial charge in [-0.1, -0.05) is 23.7 Å². The molecule has 1 fully saturated rings. The molecule has 4 nitrogen and oxygen atoms in total. The maximum atomic E-state index is 12.4. The fourth-order valence-electron chi connectivity index (χ4n) is 2.00. The zero-order chi connectivity index (χ0) is 15.7. The Hall–Kier alpha value is -2.24. The molecule has 0 saturated carbocycles. The number of rotatable bonds is 2. The first-order valence-corrected chi connectivity index (χ1v) is 7.56. The Bertz CT molecular complexity index is 769. The van der Waals surface area contributed by atoms with Gasteiger partial charge in [-0.05, 0) is 59.8 Å². The summed E-state index contributed by atoms with van der Waals surface area (Å²) >= 11 is 6.70. The van der Waals surface area contributed by atoms with Crippen LogP contribution in [0, 0.1) is 0 Å². The molecular weight excluding hydrogens is 322 g/mol. The minimum Gasteiger partial charge on any atom is -0.508 e. The van der Waals surface area contributed by atoms with Crippen molar-refractivity contribution in [3.8, 4) is 5.75 Å². The molecule has 2 aromatic rings. The quantitative estimate of drug-likeness (QED) is 0.834. The van der Waals surface area contributed by atoms with Crippen LogP contribution in [-0.2, 0) is 4.79 Å². The summed E-state index contributed by atoms with van der Waals surface area (Å²) < 4.78 is 0. The van der Waals surface area contributed by atoms with Crippen molar-refractivity contribution in [3.05, 3.63) is 64.0 Å². The number of carbonyl (C=O) groups excluding carboxylic acids is 2. The van der Waals surface area contributed by atoms with Gasteiger partial charge in [-0.15, -0.1) is 0 Å². The van der Waals surface area contributed by atoms with E-state index >= 15 is 0 Å². The highest BCUT2D eigenvalue weighted by atomic mass is 35.5. The lowest BCUT2D eigenvalue weighted by Gasteiger charge is -2.12. The molecule has 2 amide bonds. The lowest BCUT2D eigenvalue weighted by molar-refractivity contribution is -0.113. The number of benzene rings is 2. The molecular formula is C16H10ClNO3S. The lowest BCUT2D eigenvalue weighted by Crippen LogP contribution is -2.27. The van der Waals surface area contributed by atoms with Crippen molar-refractivity contribution in [2.75, 3.05) is 4.90 Å². The third-order valence-corrected chi connectivity index (χ3v) is 4.19. The Morgan fingerprint density at radius 2 is 1.64 bits per heavy atom. The minimum absolute atomic E-state index is 0.145. The highest BCUT2D eigenvalue weighted by molar-refractivity contribution is 8.19. The van der Waals surface area contributed by atoms with E-state index in [1.165, 1.54) is 12.1 Å². The summed E-state index contributed by atoms with van der Waals surface area (Å²) in [7, 11) is 0. The third-order valence-electron chi connectivity index (χ3n) is 3.07. The third kappa shape index (κ3) is 2.86. The Balaban J connectivity index is 1.91. The van der Waals surface area contributed by atoms with Gasteiger partial charge in [0, 0.05) is 5.02 Å². The number of thioether (sulfide) groups is 1. The van der Waals surface area contributed by atoms with Crippen LogP contribution in [0.5, 0.6) is 5.75 Å². The second kappa shape index (κ2) is 5.87. The van der Waals surface area contributed by atoms with E-state index in [9.17, 15) is 14.7 Å². The number of imide groups is 1. The van der Waals surface area contributed by atoms with Gasteiger partial charge in [-0.2, -0.15) is 0 Å². The highest BCUT2D eigenvalue weighted by Gasteiger charge is 2.36. The number of phenolic OH excluding ortho intramolecular Hbond substituents is 1. The van der Waals surface area contributed by atoms with Crippen LogP contribution in [0.25, 0.3) is 6.08 Å². The van der Waals surface area contributed by atoms with Gasteiger partial charge in [0.2, 0.25) is 0 Å². The van der Waals surface area contributed by atoms with Gasteiger partial charge in [0.15, 0.2) is 0 Å². The topological polar surface area (TPSA) is 57.6 Å². The fourth-order valence-corrected chi connectivity index (χ4v) is 2.97. The summed E-state index contributed by atoms with van der Waals surface area (Å²) in [4.78, 5) is 25.9. The normalized spacial score (nSPS) is 16.6. The van der Waals surface area contributed by atoms with Crippen LogP contribution >= 0.6 is 23.4 Å². The molecule has 6 heteroatoms. The van der Waals surface area contributed by atoms with Crippen LogP contribution in [0.2, 0.25) is 5.02 Å². The van der Waals surface area contributed by atoms with Crippen molar-refractivity contribution < 1.29 is 14.7 Å². The van der Waals surface area contributed by atoms with Crippen molar-refractivity contribution >= 4 is 46.3 Å². The van der Waals surface area contributed by atoms with Crippen LogP contribution in [0.4, 0.5) is 10.5 Å². The van der Waals surface area contributed by atoms with Gasteiger partial charge >= 0.3 is 0 Å². The number of halogens is 1. The summed E-state index contributed by atoms with van der Waals surface area (Å²) in [5, 5.41) is 9.45. The number of amides is 2. The van der Waals surface area contributed by atoms with Crippen molar-refractivity contribution in [1.29, 1.82) is 0 Å². The largest absolute Gasteiger partial charge is 0.508 e. The summed E-state index contributed by atoms with van der Waals surface area (Å²) in [5.74, 6) is -0.225. The first-order valence-electron chi connectivity index (χ1n) is 6.37. The van der Waals surface area contributed by atoms with Crippen LogP contribution in [0.3, 0.4) is 0 Å². The number of nitrogens with zero attached hydrogens (tertiary/aromatic N) is 1. The molecule has 0 bridgehead atoms. The zero-order valence-corrected chi connectivity index (χ0v) is 12.8. The average Bonchev–Trinajstić information content (AvgIpc) is 2.77. The number of phenols is 1. The van der Waals surface area contributed by atoms with Gasteiger partial charge in [0.1, 0.15) is 5.75 Å². The van der Waals surface area contributed by atoms with Crippen molar-refractivity contribution in [2.24, 2.45) is 0 Å². The molecule has 0 spiro atoms. The van der Waals surface area contributed by atoms with E-state index in [2.05, 4.69) is 0 Å². The molecule has 0 atom stereocenters. The van der Waals surface area contributed by atoms with E-state index in [1.54, 1.807) is 42.5 Å². The Kier molecular flexibility index (Phi) is 3.92. The Morgan fingerprint density at radius 3 is 2.27 bits per heavy atom. The average molecular weight is 332 g/mol. The molecule has 0 radical (unpaired) electrons. The SMILES string of the molecule is O=C1S/C(=C\c2ccc(O)cc2)C(=O)N1c1ccc(Cl)cc1. The zero-order valence-electron chi connectivity index (χ0n) is 11.2. The standard InChI is InChI=1S/C16H10ClNO3S/c17-11-3-5-12(6-4-11)18-15(20)14(22-16(18)21)9-10-1-7-13(19)8-2-10/h1-9,19H/b14-9-. The second-order valence-corrected chi connectivity index (χ2v) is 6.01. The molecule has 0 aliphatic carbocycles. The lowest BCUT2D eigenvalue weighted by atomic mass is 10.2. The molecule has 3 rings (SSSR count). The van der Waals surface area contributed by atoms with Crippen LogP contribution in [0.15, 0.2) is 53.4 Å². The van der Waals surface area contributed by atoms with E-state index < -0.39 is 0 Å². The summed E-state index contributed by atoms with van der Waals surface area (Å²) in [6.45, 7) is 0. The van der Waals surface area contributed by atoms with E-state index in [0.717, 1.165) is 22.2 Å². The van der Waals surface area contributed by atoms with Crippen LogP contribution in [-0.4, -0.2) is 16.3 Å². The van der Waals surface area contributed by atoms with Crippen molar-refractivity contribution in [2.45, 2.75) is 0 Å². The van der Waals surface area contributed by atoms with Gasteiger partial charge in [-0.3, -0.25) is 9.59 Å². The molecule has 0 aromatic heterocycles. The summed E-state index contributed by atoms with van der Waals surface area (Å²) in [5.41, 5.74) is 1.22. The van der Waals surface area contributed by atoms with Gasteiger partial charge in [0.05, 0.1) is 10.6 Å². The molecule has 22 heavy (non-hydrogen) atoms. The van der Waals surface area contributed by atoms with E-state index in [4.69, 9.17) is 11.6 Å². The number of carbonyl (C=O) groups is 2. The number of aromatic hydroxyl groups is 1. The maximum absolute atomic E-state index is 12.4. The Morgan fingerprint density at radius 1 is 1.00 bits per heavy atom. The number of hydrogen-bond donors (Lipinski definition) is 1. The summed E-state index contributed by atoms with van der Waals surface area (Å²) in [6, 6.07) is 12.9. The van der Waals surface area contributed by atoms with E-state index in [1.807, 2.05) is 0 Å². The first kappa shape index (κ1) is 14.7. The number of anilines is 1. The molecule has 1 saturated heterocycles. The number of hydrogen-bond acceptors (Lipinski definition) is 4. The highest BCUT2D eigenvalue weighted by Crippen LogP contribution is 2.36. The van der Waals surface area contributed by atoms with Crippen LogP contribution < -0.4 is 4.90 Å². The smallest absolute Gasteiger partial charge is 0.298 e. The van der Waals surface area contributed by atoms with Crippen molar-refractivity contribution in [1.82, 2.24) is 0 Å². The molecule has 2 aromatic carbocycles. The first-order chi connectivity index (χ1) is 10.5. The van der Waals surface area contributed by atoms with E-state index in [0.29, 0.717) is 15.6 Å². The predicted octanol–water partition coefficient (Wildman–Crippen LogP) is 4.29. The molecule has 1 N–H and O–H groups in total. The molecule has 0 unspecified atom stereocenters. The van der Waals surface area contributed by atoms with Crippen LogP contribution in [0.1, 0.15) is 5.56 Å². The molecule has 1 aliphatic rings. The second-order valence-electron chi connectivity index (χ2n) is 4.59. The minimum atomic E-state index is -0.370. The maximum Gasteiger partial charge on any atom is 0.298 e. The Labute approximate surface area is 136 Å². The van der Waals surface area contributed by atoms with Crippen molar-refractivity contribution in [3.63, 3.8) is 0 Å².